The Hall–Kier alpha value is -4.60. The zero-order valence-corrected chi connectivity index (χ0v) is 20.5. The highest BCUT2D eigenvalue weighted by Gasteiger charge is 2.19. The molecule has 10 nitrogen and oxygen atoms in total. The van der Waals surface area contributed by atoms with E-state index in [-0.39, 0.29) is 0 Å². The molecule has 0 aliphatic carbocycles. The Kier molecular flexibility index (Phi) is 8.82. The van der Waals surface area contributed by atoms with E-state index in [1.165, 1.54) is 13.0 Å². The second kappa shape index (κ2) is 12.2. The van der Waals surface area contributed by atoms with Crippen molar-refractivity contribution >= 4 is 24.0 Å². The molecule has 0 saturated heterocycles. The van der Waals surface area contributed by atoms with Gasteiger partial charge in [-0.1, -0.05) is 18.2 Å². The second-order valence-electron chi connectivity index (χ2n) is 7.54. The molecule has 2 aromatic carbocycles. The molecule has 3 rings (SSSR count). The Morgan fingerprint density at radius 1 is 1.06 bits per heavy atom. The Balaban J connectivity index is 1.86. The lowest BCUT2D eigenvalue weighted by molar-refractivity contribution is -0.149. The van der Waals surface area contributed by atoms with Crippen LogP contribution in [0.1, 0.15) is 19.4 Å². The minimum Gasteiger partial charge on any atom is -0.493 e. The summed E-state index contributed by atoms with van der Waals surface area (Å²) in [5.41, 5.74) is 2.79. The number of benzene rings is 2. The van der Waals surface area contributed by atoms with Gasteiger partial charge in [0.2, 0.25) is 0 Å². The van der Waals surface area contributed by atoms with Crippen LogP contribution in [-0.2, 0) is 14.3 Å². The second-order valence-corrected chi connectivity index (χ2v) is 7.54. The molecule has 0 saturated carbocycles. The third-order valence-electron chi connectivity index (χ3n) is 5.06. The number of ether oxygens (including phenoxy) is 3. The van der Waals surface area contributed by atoms with E-state index in [0.29, 0.717) is 29.3 Å². The molecular weight excluding hydrogens is 464 g/mol. The fourth-order valence-electron chi connectivity index (χ4n) is 3.27. The first kappa shape index (κ1) is 26.0. The summed E-state index contributed by atoms with van der Waals surface area (Å²) in [5, 5.41) is 9.25. The molecule has 0 radical (unpaired) electrons. The SMILES string of the molecule is CCNC(=O)NC(=O)C(C)OC(=O)/C=C/c1cn(-c2ccccc2)nc1-c1ccc(OC)c(OC)c1. The van der Waals surface area contributed by atoms with Crippen molar-refractivity contribution in [3.63, 3.8) is 0 Å². The predicted octanol–water partition coefficient (Wildman–Crippen LogP) is 3.35. The third-order valence-corrected chi connectivity index (χ3v) is 5.06. The number of hydrogen-bond donors (Lipinski definition) is 2. The van der Waals surface area contributed by atoms with Gasteiger partial charge in [0.25, 0.3) is 5.91 Å². The first-order valence-corrected chi connectivity index (χ1v) is 11.2. The predicted molar refractivity (Wildman–Crippen MR) is 134 cm³/mol. The number of urea groups is 1. The largest absolute Gasteiger partial charge is 0.493 e. The van der Waals surface area contributed by atoms with Crippen LogP contribution in [0.15, 0.2) is 60.8 Å². The van der Waals surface area contributed by atoms with Gasteiger partial charge in [-0.15, -0.1) is 0 Å². The van der Waals surface area contributed by atoms with Gasteiger partial charge < -0.3 is 19.5 Å². The van der Waals surface area contributed by atoms with E-state index in [1.807, 2.05) is 36.4 Å². The highest BCUT2D eigenvalue weighted by molar-refractivity contribution is 5.98. The molecule has 1 heterocycles. The number of imide groups is 1. The van der Waals surface area contributed by atoms with E-state index in [9.17, 15) is 14.4 Å². The quantitative estimate of drug-likeness (QED) is 0.347. The van der Waals surface area contributed by atoms with Crippen molar-refractivity contribution in [1.29, 1.82) is 0 Å². The smallest absolute Gasteiger partial charge is 0.331 e. The lowest BCUT2D eigenvalue weighted by atomic mass is 10.1. The molecule has 0 bridgehead atoms. The maximum absolute atomic E-state index is 12.4. The van der Waals surface area contributed by atoms with Crippen molar-refractivity contribution in [2.24, 2.45) is 0 Å². The number of nitrogens with zero attached hydrogens (tertiary/aromatic N) is 2. The lowest BCUT2D eigenvalue weighted by Crippen LogP contribution is -2.44. The molecular formula is C26H28N4O6. The molecule has 36 heavy (non-hydrogen) atoms. The number of aromatic nitrogens is 2. The topological polar surface area (TPSA) is 121 Å². The maximum atomic E-state index is 12.4. The third kappa shape index (κ3) is 6.50. The van der Waals surface area contributed by atoms with Gasteiger partial charge >= 0.3 is 12.0 Å². The van der Waals surface area contributed by atoms with E-state index in [2.05, 4.69) is 10.6 Å². The average molecular weight is 493 g/mol. The highest BCUT2D eigenvalue weighted by atomic mass is 16.5. The van der Waals surface area contributed by atoms with Crippen molar-refractivity contribution in [3.8, 4) is 28.4 Å². The molecule has 1 unspecified atom stereocenters. The number of nitrogens with one attached hydrogen (secondary N) is 2. The van der Waals surface area contributed by atoms with Gasteiger partial charge in [0.1, 0.15) is 5.69 Å². The van der Waals surface area contributed by atoms with Gasteiger partial charge in [0, 0.05) is 29.9 Å². The van der Waals surface area contributed by atoms with Crippen LogP contribution in [0.4, 0.5) is 4.79 Å². The summed E-state index contributed by atoms with van der Waals surface area (Å²) in [6.07, 6.45) is 3.36. The monoisotopic (exact) mass is 492 g/mol. The molecule has 10 heteroatoms. The van der Waals surface area contributed by atoms with Gasteiger partial charge in [-0.25, -0.2) is 14.3 Å². The Bertz CT molecular complexity index is 1250. The van der Waals surface area contributed by atoms with E-state index in [1.54, 1.807) is 50.2 Å². The number of carbonyl (C=O) groups is 3. The fraction of sp³-hybridized carbons (Fsp3) is 0.231. The standard InChI is InChI=1S/C26H28N4O6/c1-5-27-26(33)28-25(32)17(2)36-23(31)14-12-19-16-30(20-9-7-6-8-10-20)29-24(19)18-11-13-21(34-3)22(15-18)35-4/h6-17H,5H2,1-4H3,(H2,27,28,32,33)/b14-12+. The van der Waals surface area contributed by atoms with Crippen molar-refractivity contribution in [2.45, 2.75) is 20.0 Å². The van der Waals surface area contributed by atoms with Gasteiger partial charge in [0.05, 0.1) is 19.9 Å². The first-order chi connectivity index (χ1) is 17.4. The van der Waals surface area contributed by atoms with Crippen LogP contribution >= 0.6 is 0 Å². The zero-order chi connectivity index (χ0) is 26.1. The molecule has 3 amide bonds. The molecule has 1 atom stereocenters. The first-order valence-electron chi connectivity index (χ1n) is 11.2. The molecule has 3 aromatic rings. The average Bonchev–Trinajstić information content (AvgIpc) is 3.32. The number of esters is 1. The molecule has 0 spiro atoms. The molecule has 0 aliphatic heterocycles. The Labute approximate surface area is 208 Å². The zero-order valence-electron chi connectivity index (χ0n) is 20.5. The number of amides is 3. The molecule has 188 valence electrons. The summed E-state index contributed by atoms with van der Waals surface area (Å²) in [5.74, 6) is -0.375. The number of methoxy groups -OCH3 is 2. The number of hydrogen-bond acceptors (Lipinski definition) is 7. The summed E-state index contributed by atoms with van der Waals surface area (Å²) >= 11 is 0. The Morgan fingerprint density at radius 2 is 1.78 bits per heavy atom. The molecule has 0 fully saturated rings. The summed E-state index contributed by atoms with van der Waals surface area (Å²) in [7, 11) is 3.10. The van der Waals surface area contributed by atoms with Crippen LogP contribution in [0.25, 0.3) is 23.0 Å². The van der Waals surface area contributed by atoms with Crippen LogP contribution in [0, 0.1) is 0 Å². The van der Waals surface area contributed by atoms with Crippen molar-refractivity contribution in [3.05, 3.63) is 66.4 Å². The summed E-state index contributed by atoms with van der Waals surface area (Å²) < 4.78 is 17.6. The van der Waals surface area contributed by atoms with E-state index in [0.717, 1.165) is 11.3 Å². The van der Waals surface area contributed by atoms with Gasteiger partial charge in [-0.05, 0) is 50.3 Å². The molecule has 0 aliphatic rings. The normalized spacial score (nSPS) is 11.6. The minimum absolute atomic E-state index is 0.356. The number of rotatable bonds is 9. The van der Waals surface area contributed by atoms with Crippen LogP contribution in [0.2, 0.25) is 0 Å². The van der Waals surface area contributed by atoms with Crippen LogP contribution in [0.5, 0.6) is 11.5 Å². The maximum Gasteiger partial charge on any atom is 0.331 e. The van der Waals surface area contributed by atoms with Crippen LogP contribution in [0.3, 0.4) is 0 Å². The lowest BCUT2D eigenvalue weighted by Gasteiger charge is -2.11. The highest BCUT2D eigenvalue weighted by Crippen LogP contribution is 2.33. The van der Waals surface area contributed by atoms with Gasteiger partial charge in [-0.2, -0.15) is 5.10 Å². The van der Waals surface area contributed by atoms with Crippen molar-refractivity contribution in [2.75, 3.05) is 20.8 Å². The number of carbonyl (C=O) groups excluding carboxylic acids is 3. The van der Waals surface area contributed by atoms with E-state index >= 15 is 0 Å². The minimum atomic E-state index is -1.16. The fourth-order valence-corrected chi connectivity index (χ4v) is 3.27. The van der Waals surface area contributed by atoms with Gasteiger partial charge in [0.15, 0.2) is 17.6 Å². The molecule has 1 aromatic heterocycles. The van der Waals surface area contributed by atoms with Gasteiger partial charge in [-0.3, -0.25) is 10.1 Å². The van der Waals surface area contributed by atoms with Crippen LogP contribution < -0.4 is 20.1 Å². The van der Waals surface area contributed by atoms with E-state index in [4.69, 9.17) is 19.3 Å². The van der Waals surface area contributed by atoms with Crippen molar-refractivity contribution < 1.29 is 28.6 Å². The van der Waals surface area contributed by atoms with Crippen molar-refractivity contribution in [1.82, 2.24) is 20.4 Å². The van der Waals surface area contributed by atoms with E-state index < -0.39 is 24.0 Å². The summed E-state index contributed by atoms with van der Waals surface area (Å²) in [4.78, 5) is 35.9. The van der Waals surface area contributed by atoms with Crippen LogP contribution in [-0.4, -0.2) is 54.6 Å². The summed E-state index contributed by atoms with van der Waals surface area (Å²) in [6.45, 7) is 3.45. The molecule has 2 N–H and O–H groups in total. The summed E-state index contributed by atoms with van der Waals surface area (Å²) in [6, 6.07) is 14.2. The number of para-hydroxylation sites is 1. The Morgan fingerprint density at radius 3 is 2.44 bits per heavy atom.